The summed E-state index contributed by atoms with van der Waals surface area (Å²) >= 11 is 0. The number of fused-ring (bicyclic) bond motifs is 1. The van der Waals surface area contributed by atoms with Crippen LogP contribution < -0.4 is 20.3 Å². The van der Waals surface area contributed by atoms with Crippen molar-refractivity contribution in [1.29, 1.82) is 0 Å². The molecule has 192 valence electrons. The number of hydrogen-bond acceptors (Lipinski definition) is 6. The molecule has 0 spiro atoms. The van der Waals surface area contributed by atoms with Crippen molar-refractivity contribution in [3.05, 3.63) is 67.5 Å². The standard InChI is InChI=1S/C29H34N6O2/c1-6-9-16-34(4)26-18-27(37-8-3)24(17-23(26)31-28(36)7-2)33-29-30-15-14-22(32-29)21-19-35(5)25-13-11-10-12-20(21)25/h7,10-15,17-19H,2,6,8-9,16H2,1,3-5H3,(H,31,36)(H,30,32,33). The molecule has 8 heteroatoms. The maximum absolute atomic E-state index is 12.2. The van der Waals surface area contributed by atoms with E-state index in [4.69, 9.17) is 9.72 Å². The molecule has 0 fully saturated rings. The SMILES string of the molecule is C=CC(=O)Nc1cc(Nc2nccc(-c3cn(C)c4ccccc34)n2)c(OCC)cc1N(C)CCCC. The quantitative estimate of drug-likeness (QED) is 0.242. The molecule has 4 rings (SSSR count). The summed E-state index contributed by atoms with van der Waals surface area (Å²) in [6.07, 6.45) is 7.17. The van der Waals surface area contributed by atoms with E-state index in [9.17, 15) is 4.79 Å². The lowest BCUT2D eigenvalue weighted by Crippen LogP contribution is -2.21. The molecule has 8 nitrogen and oxygen atoms in total. The van der Waals surface area contributed by atoms with Crippen LogP contribution in [-0.2, 0) is 11.8 Å². The Labute approximate surface area is 218 Å². The van der Waals surface area contributed by atoms with E-state index in [2.05, 4.69) is 56.9 Å². The molecular weight excluding hydrogens is 464 g/mol. The number of carbonyl (C=O) groups excluding carboxylic acids is 1. The lowest BCUT2D eigenvalue weighted by Gasteiger charge is -2.25. The minimum absolute atomic E-state index is 0.283. The number of aromatic nitrogens is 3. The van der Waals surface area contributed by atoms with Crippen molar-refractivity contribution in [2.75, 3.05) is 35.7 Å². The van der Waals surface area contributed by atoms with Crippen molar-refractivity contribution in [3.8, 4) is 17.0 Å². The van der Waals surface area contributed by atoms with Gasteiger partial charge in [-0.2, -0.15) is 0 Å². The highest BCUT2D eigenvalue weighted by atomic mass is 16.5. The zero-order valence-electron chi connectivity index (χ0n) is 21.9. The highest BCUT2D eigenvalue weighted by Crippen LogP contribution is 2.38. The molecule has 0 saturated heterocycles. The van der Waals surface area contributed by atoms with Crippen LogP contribution in [0.25, 0.3) is 22.2 Å². The first-order valence-electron chi connectivity index (χ1n) is 12.5. The molecule has 37 heavy (non-hydrogen) atoms. The fraction of sp³-hybridized carbons (Fsp3) is 0.276. The second-order valence-electron chi connectivity index (χ2n) is 8.83. The van der Waals surface area contributed by atoms with E-state index in [1.54, 1.807) is 6.20 Å². The van der Waals surface area contributed by atoms with Gasteiger partial charge in [-0.1, -0.05) is 38.1 Å². The smallest absolute Gasteiger partial charge is 0.247 e. The molecule has 4 aromatic rings. The number of carbonyl (C=O) groups is 1. The number of anilines is 4. The molecule has 0 atom stereocenters. The Hall–Kier alpha value is -4.33. The van der Waals surface area contributed by atoms with Crippen molar-refractivity contribution >= 4 is 39.8 Å². The molecule has 0 aliphatic heterocycles. The molecule has 2 aromatic heterocycles. The zero-order chi connectivity index (χ0) is 26.4. The maximum Gasteiger partial charge on any atom is 0.247 e. The van der Waals surface area contributed by atoms with E-state index in [1.165, 1.54) is 6.08 Å². The first-order valence-corrected chi connectivity index (χ1v) is 12.5. The van der Waals surface area contributed by atoms with Crippen LogP contribution in [0.3, 0.4) is 0 Å². The van der Waals surface area contributed by atoms with Crippen molar-refractivity contribution < 1.29 is 9.53 Å². The molecule has 2 aromatic carbocycles. The lowest BCUT2D eigenvalue weighted by atomic mass is 10.1. The summed E-state index contributed by atoms with van der Waals surface area (Å²) in [4.78, 5) is 23.6. The average molecular weight is 499 g/mol. The molecule has 0 aliphatic rings. The Morgan fingerprint density at radius 2 is 2.00 bits per heavy atom. The topological polar surface area (TPSA) is 84.3 Å². The van der Waals surface area contributed by atoms with E-state index in [-0.39, 0.29) is 5.91 Å². The minimum atomic E-state index is -0.283. The van der Waals surface area contributed by atoms with Gasteiger partial charge in [0.1, 0.15) is 5.75 Å². The molecule has 0 unspecified atom stereocenters. The summed E-state index contributed by atoms with van der Waals surface area (Å²) < 4.78 is 8.08. The minimum Gasteiger partial charge on any atom is -0.492 e. The number of ether oxygens (including phenoxy) is 1. The number of unbranched alkanes of at least 4 members (excludes halogenated alkanes) is 1. The highest BCUT2D eigenvalue weighted by molar-refractivity contribution is 6.02. The Morgan fingerprint density at radius 3 is 2.76 bits per heavy atom. The molecule has 0 bridgehead atoms. The van der Waals surface area contributed by atoms with Gasteiger partial charge in [-0.05, 0) is 37.6 Å². The Kier molecular flexibility index (Phi) is 8.08. The number of benzene rings is 2. The summed E-state index contributed by atoms with van der Waals surface area (Å²) in [6.45, 7) is 9.02. The van der Waals surface area contributed by atoms with Crippen LogP contribution in [0.5, 0.6) is 5.75 Å². The maximum atomic E-state index is 12.2. The van der Waals surface area contributed by atoms with Gasteiger partial charge in [0.05, 0.1) is 29.4 Å². The van der Waals surface area contributed by atoms with Gasteiger partial charge in [0.2, 0.25) is 11.9 Å². The first kappa shape index (κ1) is 25.8. The van der Waals surface area contributed by atoms with Crippen LogP contribution in [0, 0.1) is 0 Å². The van der Waals surface area contributed by atoms with Gasteiger partial charge >= 0.3 is 0 Å². The van der Waals surface area contributed by atoms with Crippen molar-refractivity contribution in [2.24, 2.45) is 7.05 Å². The number of rotatable bonds is 11. The van der Waals surface area contributed by atoms with Crippen LogP contribution >= 0.6 is 0 Å². The van der Waals surface area contributed by atoms with Crippen molar-refractivity contribution in [1.82, 2.24) is 14.5 Å². The van der Waals surface area contributed by atoms with E-state index in [1.807, 2.05) is 51.4 Å². The third-order valence-corrected chi connectivity index (χ3v) is 6.17. The van der Waals surface area contributed by atoms with Gasteiger partial charge in [-0.3, -0.25) is 4.79 Å². The van der Waals surface area contributed by atoms with Gasteiger partial charge in [0, 0.05) is 55.6 Å². The van der Waals surface area contributed by atoms with Crippen LogP contribution in [0.15, 0.2) is 67.5 Å². The second-order valence-corrected chi connectivity index (χ2v) is 8.83. The molecule has 0 saturated carbocycles. The highest BCUT2D eigenvalue weighted by Gasteiger charge is 2.17. The van der Waals surface area contributed by atoms with Crippen LogP contribution in [-0.4, -0.2) is 40.6 Å². The van der Waals surface area contributed by atoms with Crippen LogP contribution in [0.4, 0.5) is 23.0 Å². The number of hydrogen-bond donors (Lipinski definition) is 2. The third kappa shape index (κ3) is 5.74. The lowest BCUT2D eigenvalue weighted by molar-refractivity contribution is -0.111. The molecule has 0 radical (unpaired) electrons. The Morgan fingerprint density at radius 1 is 1.19 bits per heavy atom. The van der Waals surface area contributed by atoms with E-state index in [0.717, 1.165) is 47.2 Å². The van der Waals surface area contributed by atoms with Crippen LogP contribution in [0.1, 0.15) is 26.7 Å². The fourth-order valence-electron chi connectivity index (χ4n) is 4.29. The molecule has 2 heterocycles. The number of aryl methyl sites for hydroxylation is 1. The van der Waals surface area contributed by atoms with Gasteiger partial charge in [-0.15, -0.1) is 0 Å². The summed E-state index contributed by atoms with van der Waals surface area (Å²) in [5.74, 6) is 0.797. The summed E-state index contributed by atoms with van der Waals surface area (Å²) in [7, 11) is 4.03. The predicted octanol–water partition coefficient (Wildman–Crippen LogP) is 6.14. The molecular formula is C29H34N6O2. The van der Waals surface area contributed by atoms with E-state index >= 15 is 0 Å². The van der Waals surface area contributed by atoms with E-state index in [0.29, 0.717) is 29.7 Å². The predicted molar refractivity (Wildman–Crippen MR) is 152 cm³/mol. The summed E-state index contributed by atoms with van der Waals surface area (Å²) in [6, 6.07) is 13.9. The summed E-state index contributed by atoms with van der Waals surface area (Å²) in [5.41, 5.74) is 5.14. The monoisotopic (exact) mass is 498 g/mol. The summed E-state index contributed by atoms with van der Waals surface area (Å²) in [5, 5.41) is 7.37. The largest absolute Gasteiger partial charge is 0.492 e. The number of amides is 1. The van der Waals surface area contributed by atoms with Crippen molar-refractivity contribution in [2.45, 2.75) is 26.7 Å². The van der Waals surface area contributed by atoms with Crippen LogP contribution in [0.2, 0.25) is 0 Å². The Bertz CT molecular complexity index is 1410. The molecule has 1 amide bonds. The zero-order valence-corrected chi connectivity index (χ0v) is 21.9. The Balaban J connectivity index is 1.73. The molecule has 0 aliphatic carbocycles. The van der Waals surface area contributed by atoms with E-state index < -0.39 is 0 Å². The van der Waals surface area contributed by atoms with Gasteiger partial charge in [0.25, 0.3) is 0 Å². The normalized spacial score (nSPS) is 10.8. The number of nitrogens with one attached hydrogen (secondary N) is 2. The van der Waals surface area contributed by atoms with Gasteiger partial charge < -0.3 is 24.8 Å². The first-order chi connectivity index (χ1) is 17.9. The average Bonchev–Trinajstić information content (AvgIpc) is 3.25. The third-order valence-electron chi connectivity index (χ3n) is 6.17. The van der Waals surface area contributed by atoms with Crippen molar-refractivity contribution in [3.63, 3.8) is 0 Å². The number of nitrogens with zero attached hydrogens (tertiary/aromatic N) is 4. The number of para-hydroxylation sites is 1. The fourth-order valence-corrected chi connectivity index (χ4v) is 4.29. The second kappa shape index (κ2) is 11.6. The van der Waals surface area contributed by atoms with Gasteiger partial charge in [0.15, 0.2) is 0 Å². The van der Waals surface area contributed by atoms with Gasteiger partial charge in [-0.25, -0.2) is 9.97 Å². The molecule has 2 N–H and O–H groups in total.